The second kappa shape index (κ2) is 15.1. The molecule has 8 nitrogen and oxygen atoms in total. The molecule has 1 aromatic carbocycles. The molecule has 0 saturated carbocycles. The minimum atomic E-state index is -1.00. The molecule has 1 atom stereocenters. The van der Waals surface area contributed by atoms with Crippen LogP contribution in [0.1, 0.15) is 65.2 Å². The van der Waals surface area contributed by atoms with Gasteiger partial charge in [-0.25, -0.2) is 4.79 Å². The van der Waals surface area contributed by atoms with Crippen LogP contribution in [0, 0.1) is 0 Å². The Morgan fingerprint density at radius 1 is 1.06 bits per heavy atom. The summed E-state index contributed by atoms with van der Waals surface area (Å²) >= 11 is 0. The number of anilines is 1. The summed E-state index contributed by atoms with van der Waals surface area (Å²) in [6.07, 6.45) is 5.72. The zero-order valence-electron chi connectivity index (χ0n) is 19.0. The fourth-order valence-corrected chi connectivity index (χ4v) is 3.21. The van der Waals surface area contributed by atoms with Crippen molar-refractivity contribution in [1.82, 2.24) is 10.2 Å². The number of ether oxygens (including phenoxy) is 1. The maximum atomic E-state index is 13.2. The van der Waals surface area contributed by atoms with E-state index in [1.54, 1.807) is 29.2 Å². The fraction of sp³-hybridized carbons (Fsp3) is 0.609. The van der Waals surface area contributed by atoms with Gasteiger partial charge >= 0.3 is 12.0 Å². The molecular formula is C23H37N3O5. The van der Waals surface area contributed by atoms with Gasteiger partial charge in [-0.05, 0) is 31.4 Å². The van der Waals surface area contributed by atoms with Crippen molar-refractivity contribution in [3.05, 3.63) is 24.3 Å². The first kappa shape index (κ1) is 26.3. The molecule has 0 aromatic heterocycles. The first-order valence-electron chi connectivity index (χ1n) is 11.1. The molecule has 0 aliphatic heterocycles. The number of carboxylic acid groups (broad SMARTS) is 1. The number of methoxy groups -OCH3 is 1. The number of hydrogen-bond donors (Lipinski definition) is 3. The Labute approximate surface area is 185 Å². The Balaban J connectivity index is 2.86. The predicted molar refractivity (Wildman–Crippen MR) is 121 cm³/mol. The van der Waals surface area contributed by atoms with E-state index in [0.29, 0.717) is 24.5 Å². The van der Waals surface area contributed by atoms with E-state index in [-0.39, 0.29) is 18.7 Å². The van der Waals surface area contributed by atoms with Gasteiger partial charge in [-0.15, -0.1) is 0 Å². The van der Waals surface area contributed by atoms with Crippen LogP contribution >= 0.6 is 0 Å². The summed E-state index contributed by atoms with van der Waals surface area (Å²) < 4.78 is 5.15. The van der Waals surface area contributed by atoms with Gasteiger partial charge in [0.15, 0.2) is 0 Å². The van der Waals surface area contributed by atoms with Gasteiger partial charge in [0.2, 0.25) is 5.91 Å². The highest BCUT2D eigenvalue weighted by molar-refractivity contribution is 5.94. The number of nitrogens with zero attached hydrogens (tertiary/aromatic N) is 1. The third-order valence-corrected chi connectivity index (χ3v) is 4.95. The summed E-state index contributed by atoms with van der Waals surface area (Å²) in [5.74, 6) is -0.639. The molecule has 0 radical (unpaired) electrons. The standard InChI is InChI=1S/C23H37N3O5/c1-4-6-8-15-26(16-9-7-5-2)22(29)20(13-14-21(27)28)25-23(30)24-18-11-10-12-19(17-18)31-3/h10-12,17,20H,4-9,13-16H2,1-3H3,(H,27,28)(H2,24,25,30)/t20-/m0/s1. The number of rotatable bonds is 15. The fourth-order valence-electron chi connectivity index (χ4n) is 3.21. The first-order valence-corrected chi connectivity index (χ1v) is 11.1. The van der Waals surface area contributed by atoms with Crippen LogP contribution in [0.3, 0.4) is 0 Å². The Bertz CT molecular complexity index is 686. The lowest BCUT2D eigenvalue weighted by Gasteiger charge is -2.28. The van der Waals surface area contributed by atoms with E-state index in [0.717, 1.165) is 38.5 Å². The third-order valence-electron chi connectivity index (χ3n) is 4.95. The average molecular weight is 436 g/mol. The predicted octanol–water partition coefficient (Wildman–Crippen LogP) is 4.26. The van der Waals surface area contributed by atoms with E-state index in [9.17, 15) is 14.4 Å². The van der Waals surface area contributed by atoms with E-state index >= 15 is 0 Å². The number of unbranched alkanes of at least 4 members (excludes halogenated alkanes) is 4. The minimum Gasteiger partial charge on any atom is -0.497 e. The topological polar surface area (TPSA) is 108 Å². The highest BCUT2D eigenvalue weighted by Crippen LogP contribution is 2.17. The van der Waals surface area contributed by atoms with Crippen molar-refractivity contribution < 1.29 is 24.2 Å². The van der Waals surface area contributed by atoms with Crippen LogP contribution in [0.2, 0.25) is 0 Å². The number of carboxylic acids is 1. The summed E-state index contributed by atoms with van der Waals surface area (Å²) in [7, 11) is 1.53. The van der Waals surface area contributed by atoms with Crippen molar-refractivity contribution in [2.45, 2.75) is 71.3 Å². The number of amides is 3. The zero-order valence-corrected chi connectivity index (χ0v) is 19.0. The lowest BCUT2D eigenvalue weighted by molar-refractivity contribution is -0.138. The van der Waals surface area contributed by atoms with Gasteiger partial charge in [-0.3, -0.25) is 9.59 Å². The first-order chi connectivity index (χ1) is 14.9. The molecule has 0 aliphatic rings. The Kier molecular flexibility index (Phi) is 12.8. The van der Waals surface area contributed by atoms with E-state index in [4.69, 9.17) is 9.84 Å². The van der Waals surface area contributed by atoms with E-state index < -0.39 is 18.0 Å². The molecule has 0 bridgehead atoms. The van der Waals surface area contributed by atoms with E-state index in [1.807, 2.05) is 0 Å². The van der Waals surface area contributed by atoms with Crippen molar-refractivity contribution in [1.29, 1.82) is 0 Å². The average Bonchev–Trinajstić information content (AvgIpc) is 2.75. The highest BCUT2D eigenvalue weighted by atomic mass is 16.5. The van der Waals surface area contributed by atoms with Crippen LogP contribution in [-0.4, -0.2) is 54.2 Å². The number of carbonyl (C=O) groups is 3. The van der Waals surface area contributed by atoms with E-state index in [2.05, 4.69) is 24.5 Å². The molecule has 3 amide bonds. The normalized spacial score (nSPS) is 11.5. The smallest absolute Gasteiger partial charge is 0.319 e. The molecule has 1 aromatic rings. The van der Waals surface area contributed by atoms with Crippen LogP contribution in [0.25, 0.3) is 0 Å². The molecule has 3 N–H and O–H groups in total. The molecule has 0 aliphatic carbocycles. The summed E-state index contributed by atoms with van der Waals surface area (Å²) in [5, 5.41) is 14.4. The molecule has 8 heteroatoms. The Morgan fingerprint density at radius 3 is 2.26 bits per heavy atom. The lowest BCUT2D eigenvalue weighted by atomic mass is 10.1. The zero-order chi connectivity index (χ0) is 23.1. The van der Waals surface area contributed by atoms with Gasteiger partial charge < -0.3 is 25.4 Å². The van der Waals surface area contributed by atoms with Crippen molar-refractivity contribution in [3.8, 4) is 5.75 Å². The molecule has 0 fully saturated rings. The summed E-state index contributed by atoms with van der Waals surface area (Å²) in [6, 6.07) is 5.41. The molecule has 1 rings (SSSR count). The number of nitrogens with one attached hydrogen (secondary N) is 2. The highest BCUT2D eigenvalue weighted by Gasteiger charge is 2.26. The number of benzene rings is 1. The molecule has 0 unspecified atom stereocenters. The van der Waals surface area contributed by atoms with Gasteiger partial charge in [0, 0.05) is 31.3 Å². The number of carbonyl (C=O) groups excluding carboxylic acids is 2. The largest absolute Gasteiger partial charge is 0.497 e. The SMILES string of the molecule is CCCCCN(CCCCC)C(=O)[C@H](CCC(=O)O)NC(=O)Nc1cccc(OC)c1. The number of hydrogen-bond acceptors (Lipinski definition) is 4. The van der Waals surface area contributed by atoms with Crippen molar-refractivity contribution in [2.24, 2.45) is 0 Å². The Morgan fingerprint density at radius 2 is 1.71 bits per heavy atom. The second-order valence-electron chi connectivity index (χ2n) is 7.55. The van der Waals surface area contributed by atoms with Gasteiger partial charge in [0.05, 0.1) is 7.11 Å². The van der Waals surface area contributed by atoms with Crippen molar-refractivity contribution in [3.63, 3.8) is 0 Å². The lowest BCUT2D eigenvalue weighted by Crippen LogP contribution is -2.50. The van der Waals surface area contributed by atoms with Gasteiger partial charge in [-0.2, -0.15) is 0 Å². The maximum Gasteiger partial charge on any atom is 0.319 e. The van der Waals surface area contributed by atoms with Crippen molar-refractivity contribution in [2.75, 3.05) is 25.5 Å². The monoisotopic (exact) mass is 435 g/mol. The molecule has 0 heterocycles. The van der Waals surface area contributed by atoms with Crippen LogP contribution in [-0.2, 0) is 9.59 Å². The van der Waals surface area contributed by atoms with Crippen LogP contribution in [0.5, 0.6) is 5.75 Å². The molecule has 0 spiro atoms. The number of urea groups is 1. The molecule has 0 saturated heterocycles. The second-order valence-corrected chi connectivity index (χ2v) is 7.55. The maximum absolute atomic E-state index is 13.2. The van der Waals surface area contributed by atoms with Crippen molar-refractivity contribution >= 4 is 23.6 Å². The summed E-state index contributed by atoms with van der Waals surface area (Å²) in [5.41, 5.74) is 0.518. The van der Waals surface area contributed by atoms with Gasteiger partial charge in [-0.1, -0.05) is 45.6 Å². The van der Waals surface area contributed by atoms with Gasteiger partial charge in [0.1, 0.15) is 11.8 Å². The summed E-state index contributed by atoms with van der Waals surface area (Å²) in [4.78, 5) is 38.6. The molecule has 31 heavy (non-hydrogen) atoms. The third kappa shape index (κ3) is 10.7. The quantitative estimate of drug-likeness (QED) is 0.357. The Hall–Kier alpha value is -2.77. The number of aliphatic carboxylic acids is 1. The summed E-state index contributed by atoms with van der Waals surface area (Å²) in [6.45, 7) is 5.42. The van der Waals surface area contributed by atoms with Crippen LogP contribution < -0.4 is 15.4 Å². The van der Waals surface area contributed by atoms with Crippen LogP contribution in [0.4, 0.5) is 10.5 Å². The van der Waals surface area contributed by atoms with Gasteiger partial charge in [0.25, 0.3) is 0 Å². The van der Waals surface area contributed by atoms with E-state index in [1.165, 1.54) is 7.11 Å². The van der Waals surface area contributed by atoms with Crippen LogP contribution in [0.15, 0.2) is 24.3 Å². The molecule has 174 valence electrons. The molecular weight excluding hydrogens is 398 g/mol. The minimum absolute atomic E-state index is 0.0394.